The van der Waals surface area contributed by atoms with E-state index in [1.54, 1.807) is 38.4 Å². The summed E-state index contributed by atoms with van der Waals surface area (Å²) in [6.45, 7) is 3.38. The fourth-order valence-electron chi connectivity index (χ4n) is 0.878. The van der Waals surface area contributed by atoms with E-state index >= 15 is 0 Å². The quantitative estimate of drug-likeness (QED) is 0.739. The molecule has 0 atom stereocenters. The Kier molecular flexibility index (Phi) is 3.03. The van der Waals surface area contributed by atoms with Crippen LogP contribution in [0.2, 0.25) is 0 Å². The number of sulfone groups is 1. The Morgan fingerprint density at radius 1 is 1.31 bits per heavy atom. The van der Waals surface area contributed by atoms with E-state index in [9.17, 15) is 8.42 Å². The molecule has 0 fully saturated rings. The largest absolute Gasteiger partial charge is 0.265 e. The molecular weight excluding hydrogens is 186 g/mol. The van der Waals surface area contributed by atoms with Crippen molar-refractivity contribution in [2.24, 2.45) is 0 Å². The summed E-state index contributed by atoms with van der Waals surface area (Å²) in [5, 5.41) is -0.319. The summed E-state index contributed by atoms with van der Waals surface area (Å²) in [5.41, 5.74) is 0.795. The van der Waals surface area contributed by atoms with Crippen molar-refractivity contribution in [1.82, 2.24) is 4.98 Å². The molecule has 3 nitrogen and oxygen atoms in total. The van der Waals surface area contributed by atoms with Gasteiger partial charge in [0.2, 0.25) is 0 Å². The highest BCUT2D eigenvalue weighted by molar-refractivity contribution is 7.91. The van der Waals surface area contributed by atoms with Crippen molar-refractivity contribution in [3.8, 4) is 0 Å². The van der Waals surface area contributed by atoms with Crippen LogP contribution in [0.15, 0.2) is 24.5 Å². The summed E-state index contributed by atoms with van der Waals surface area (Å²) >= 11 is 0. The van der Waals surface area contributed by atoms with Crippen molar-refractivity contribution in [2.75, 3.05) is 0 Å². The Balaban J connectivity index is 2.82. The number of pyridine rings is 1. The topological polar surface area (TPSA) is 47.0 Å². The van der Waals surface area contributed by atoms with Crippen LogP contribution in [0.4, 0.5) is 0 Å². The predicted octanol–water partition coefficient (Wildman–Crippen LogP) is 1.40. The molecule has 1 aromatic heterocycles. The molecule has 1 heterocycles. The van der Waals surface area contributed by atoms with Crippen LogP contribution < -0.4 is 0 Å². The molecule has 0 spiro atoms. The summed E-state index contributed by atoms with van der Waals surface area (Å²) in [6, 6.07) is 3.44. The van der Waals surface area contributed by atoms with Gasteiger partial charge in [0.05, 0.1) is 11.0 Å². The molecule has 0 radical (unpaired) electrons. The minimum Gasteiger partial charge on any atom is -0.265 e. The standard InChI is InChI=1S/C9H13NO2S/c1-8(2)13(11,12)7-9-3-5-10-6-4-9/h3-6,8H,7H2,1-2H3. The van der Waals surface area contributed by atoms with Gasteiger partial charge in [-0.05, 0) is 31.5 Å². The van der Waals surface area contributed by atoms with E-state index in [1.165, 1.54) is 0 Å². The number of hydrogen-bond acceptors (Lipinski definition) is 3. The first-order valence-electron chi connectivity index (χ1n) is 4.13. The molecule has 0 aliphatic heterocycles. The molecule has 0 saturated carbocycles. The lowest BCUT2D eigenvalue weighted by Crippen LogP contribution is -2.15. The van der Waals surface area contributed by atoms with Crippen LogP contribution in [-0.2, 0) is 15.6 Å². The van der Waals surface area contributed by atoms with Gasteiger partial charge in [-0.2, -0.15) is 0 Å². The van der Waals surface area contributed by atoms with Gasteiger partial charge in [-0.1, -0.05) is 0 Å². The lowest BCUT2D eigenvalue weighted by Gasteiger charge is -2.06. The van der Waals surface area contributed by atoms with Crippen molar-refractivity contribution < 1.29 is 8.42 Å². The summed E-state index contributed by atoms with van der Waals surface area (Å²) in [5.74, 6) is 0.104. The van der Waals surface area contributed by atoms with Gasteiger partial charge in [-0.25, -0.2) is 8.42 Å². The molecule has 0 unspecified atom stereocenters. The van der Waals surface area contributed by atoms with Crippen LogP contribution in [0.3, 0.4) is 0 Å². The summed E-state index contributed by atoms with van der Waals surface area (Å²) in [7, 11) is -2.98. The van der Waals surface area contributed by atoms with E-state index < -0.39 is 9.84 Å². The maximum absolute atomic E-state index is 11.5. The van der Waals surface area contributed by atoms with Gasteiger partial charge in [0.15, 0.2) is 9.84 Å². The van der Waals surface area contributed by atoms with E-state index in [1.807, 2.05) is 0 Å². The van der Waals surface area contributed by atoms with Crippen molar-refractivity contribution in [2.45, 2.75) is 24.9 Å². The van der Waals surface area contributed by atoms with Gasteiger partial charge in [-0.3, -0.25) is 4.98 Å². The number of nitrogens with zero attached hydrogens (tertiary/aromatic N) is 1. The minimum atomic E-state index is -2.98. The molecule has 1 rings (SSSR count). The first-order valence-corrected chi connectivity index (χ1v) is 5.84. The Labute approximate surface area is 78.7 Å². The first-order chi connectivity index (χ1) is 6.02. The molecular formula is C9H13NO2S. The monoisotopic (exact) mass is 199 g/mol. The van der Waals surface area contributed by atoms with Gasteiger partial charge in [0.25, 0.3) is 0 Å². The van der Waals surface area contributed by atoms with Gasteiger partial charge >= 0.3 is 0 Å². The average molecular weight is 199 g/mol. The normalized spacial score (nSPS) is 11.9. The Morgan fingerprint density at radius 3 is 2.31 bits per heavy atom. The Hall–Kier alpha value is -0.900. The second-order valence-corrected chi connectivity index (χ2v) is 5.77. The van der Waals surface area contributed by atoms with Crippen LogP contribution in [0.1, 0.15) is 19.4 Å². The molecule has 13 heavy (non-hydrogen) atoms. The van der Waals surface area contributed by atoms with Crippen molar-refractivity contribution in [3.05, 3.63) is 30.1 Å². The van der Waals surface area contributed by atoms with Crippen LogP contribution in [0.5, 0.6) is 0 Å². The maximum atomic E-state index is 11.5. The van der Waals surface area contributed by atoms with Crippen LogP contribution in [0, 0.1) is 0 Å². The molecule has 72 valence electrons. The van der Waals surface area contributed by atoms with Crippen LogP contribution in [-0.4, -0.2) is 18.7 Å². The Bertz CT molecular complexity index is 356. The highest BCUT2D eigenvalue weighted by atomic mass is 32.2. The summed E-state index contributed by atoms with van der Waals surface area (Å²) < 4.78 is 23.0. The molecule has 0 N–H and O–H groups in total. The van der Waals surface area contributed by atoms with E-state index in [2.05, 4.69) is 4.98 Å². The third kappa shape index (κ3) is 2.81. The SMILES string of the molecule is CC(C)S(=O)(=O)Cc1ccncc1. The fraction of sp³-hybridized carbons (Fsp3) is 0.444. The van der Waals surface area contributed by atoms with Gasteiger partial charge in [0, 0.05) is 12.4 Å². The zero-order valence-electron chi connectivity index (χ0n) is 7.77. The number of hydrogen-bond donors (Lipinski definition) is 0. The second kappa shape index (κ2) is 3.87. The van der Waals surface area contributed by atoms with Crippen LogP contribution in [0.25, 0.3) is 0 Å². The van der Waals surface area contributed by atoms with E-state index in [0.717, 1.165) is 5.56 Å². The number of rotatable bonds is 3. The van der Waals surface area contributed by atoms with Gasteiger partial charge in [-0.15, -0.1) is 0 Å². The maximum Gasteiger partial charge on any atom is 0.156 e. The lowest BCUT2D eigenvalue weighted by molar-refractivity contribution is 0.586. The van der Waals surface area contributed by atoms with Gasteiger partial charge < -0.3 is 0 Å². The fourth-order valence-corrected chi connectivity index (χ4v) is 1.87. The third-order valence-electron chi connectivity index (χ3n) is 1.84. The second-order valence-electron chi connectivity index (χ2n) is 3.21. The molecule has 0 aliphatic rings. The number of aromatic nitrogens is 1. The smallest absolute Gasteiger partial charge is 0.156 e. The summed E-state index contributed by atoms with van der Waals surface area (Å²) in [6.07, 6.45) is 3.20. The van der Waals surface area contributed by atoms with Crippen molar-refractivity contribution in [3.63, 3.8) is 0 Å². The minimum absolute atomic E-state index is 0.104. The van der Waals surface area contributed by atoms with Crippen LogP contribution >= 0.6 is 0 Å². The summed E-state index contributed by atoms with van der Waals surface area (Å²) in [4.78, 5) is 3.83. The molecule has 0 amide bonds. The highest BCUT2D eigenvalue weighted by Gasteiger charge is 2.16. The van der Waals surface area contributed by atoms with E-state index in [0.29, 0.717) is 0 Å². The van der Waals surface area contributed by atoms with Gasteiger partial charge in [0.1, 0.15) is 0 Å². The average Bonchev–Trinajstić information content (AvgIpc) is 2.05. The first kappa shape index (κ1) is 10.2. The highest BCUT2D eigenvalue weighted by Crippen LogP contribution is 2.09. The van der Waals surface area contributed by atoms with Crippen molar-refractivity contribution in [1.29, 1.82) is 0 Å². The zero-order chi connectivity index (χ0) is 9.90. The molecule has 0 saturated heterocycles. The lowest BCUT2D eigenvalue weighted by atomic mass is 10.3. The zero-order valence-corrected chi connectivity index (χ0v) is 8.58. The molecule has 4 heteroatoms. The van der Waals surface area contributed by atoms with E-state index in [4.69, 9.17) is 0 Å². The van der Waals surface area contributed by atoms with Crippen molar-refractivity contribution >= 4 is 9.84 Å². The molecule has 1 aromatic rings. The molecule has 0 bridgehead atoms. The Morgan fingerprint density at radius 2 is 1.85 bits per heavy atom. The molecule has 0 aliphatic carbocycles. The molecule has 0 aromatic carbocycles. The van der Waals surface area contributed by atoms with E-state index in [-0.39, 0.29) is 11.0 Å². The predicted molar refractivity (Wildman–Crippen MR) is 52.0 cm³/mol. The third-order valence-corrected chi connectivity index (χ3v) is 4.01.